The highest BCUT2D eigenvalue weighted by Crippen LogP contribution is 2.09. The third kappa shape index (κ3) is 74.6. The van der Waals surface area contributed by atoms with Crippen molar-refractivity contribution in [2.45, 2.75) is 195 Å². The molecule has 26 nitrogen and oxygen atoms in total. The Hall–Kier alpha value is -4.71. The molecule has 0 aromatic carbocycles. The molecule has 0 aliphatic carbocycles. The van der Waals surface area contributed by atoms with Crippen molar-refractivity contribution in [1.82, 2.24) is 42.5 Å². The van der Waals surface area contributed by atoms with Crippen molar-refractivity contribution in [2.75, 3.05) is 136 Å². The second kappa shape index (κ2) is 68.7. The van der Waals surface area contributed by atoms with E-state index in [4.69, 9.17) is 42.6 Å². The van der Waals surface area contributed by atoms with Crippen molar-refractivity contribution < 1.29 is 85.8 Å². The third-order valence-corrected chi connectivity index (χ3v) is 13.6. The molecule has 0 aliphatic rings. The molecule has 0 heterocycles. The van der Waals surface area contributed by atoms with Gasteiger partial charge in [-0.25, -0.2) is 14.4 Å². The lowest BCUT2D eigenvalue weighted by molar-refractivity contribution is -0.127. The summed E-state index contributed by atoms with van der Waals surface area (Å²) < 4.78 is 45.1. The van der Waals surface area contributed by atoms with E-state index in [2.05, 4.69) is 56.4 Å². The van der Waals surface area contributed by atoms with Gasteiger partial charge in [-0.15, -0.1) is 0 Å². The molecule has 6 atom stereocenters. The SMILES string of the molecule is CCC(C)COC(=O)NCC(=O)NC(C)C.CCOCC(C)C(=O)NC(C)C.CCOCC(C)C(=O)NC(C)C.CCSCC(C)C(=O)NC(C)C.CCSCC(C)C(=O)NC(C)C.COCCOCCOC(=O)NCC(NC(=O)OCCOCCOC)C(=O)C(C)C. The van der Waals surface area contributed by atoms with E-state index in [1.807, 2.05) is 148 Å². The highest BCUT2D eigenvalue weighted by atomic mass is 32.2. The zero-order valence-corrected chi connectivity index (χ0v) is 63.4. The first-order chi connectivity index (χ1) is 43.7. The van der Waals surface area contributed by atoms with E-state index in [0.29, 0.717) is 65.4 Å². The van der Waals surface area contributed by atoms with Gasteiger partial charge in [-0.2, -0.15) is 23.5 Å². The van der Waals surface area contributed by atoms with Gasteiger partial charge in [0.25, 0.3) is 0 Å². The molecule has 0 fully saturated rings. The molecule has 28 heteroatoms. The summed E-state index contributed by atoms with van der Waals surface area (Å²) in [5, 5.41) is 21.4. The van der Waals surface area contributed by atoms with E-state index in [0.717, 1.165) is 29.4 Å². The summed E-state index contributed by atoms with van der Waals surface area (Å²) in [6.07, 6.45) is -1.08. The third-order valence-electron chi connectivity index (χ3n) is 11.3. The zero-order valence-electron chi connectivity index (χ0n) is 61.7. The maximum Gasteiger partial charge on any atom is 0.407 e. The lowest BCUT2D eigenvalue weighted by Crippen LogP contribution is -2.50. The minimum atomic E-state index is -0.942. The first kappa shape index (κ1) is 99.3. The normalized spacial score (nSPS) is 12.5. The first-order valence-electron chi connectivity index (χ1n) is 32.9. The van der Waals surface area contributed by atoms with Gasteiger partial charge in [-0.05, 0) is 101 Å². The van der Waals surface area contributed by atoms with Crippen LogP contribution in [0.2, 0.25) is 0 Å². The molecule has 6 unspecified atom stereocenters. The smallest absolute Gasteiger partial charge is 0.407 e. The van der Waals surface area contributed by atoms with Crippen molar-refractivity contribution in [3.8, 4) is 0 Å². The molecule has 0 spiro atoms. The maximum absolute atomic E-state index is 12.3. The molecule has 93 heavy (non-hydrogen) atoms. The maximum atomic E-state index is 12.3. The van der Waals surface area contributed by atoms with Crippen LogP contribution in [-0.4, -0.2) is 226 Å². The second-order valence-electron chi connectivity index (χ2n) is 23.2. The predicted molar refractivity (Wildman–Crippen MR) is 374 cm³/mol. The van der Waals surface area contributed by atoms with Crippen LogP contribution in [0.5, 0.6) is 0 Å². The number of carbonyl (C=O) groups is 9. The number of rotatable bonds is 43. The predicted octanol–water partition coefficient (Wildman–Crippen LogP) is 7.81. The van der Waals surface area contributed by atoms with Crippen molar-refractivity contribution >= 4 is 77.1 Å². The van der Waals surface area contributed by atoms with Crippen LogP contribution in [-0.2, 0) is 71.4 Å². The Balaban J connectivity index is -0.000000256. The Kier molecular flexibility index (Phi) is 73.4. The summed E-state index contributed by atoms with van der Waals surface area (Å²) in [4.78, 5) is 103. The molecule has 0 saturated carbocycles. The van der Waals surface area contributed by atoms with Crippen molar-refractivity contribution in [3.05, 3.63) is 0 Å². The van der Waals surface area contributed by atoms with E-state index in [9.17, 15) is 43.2 Å². The molecular weight excluding hydrogens is 1240 g/mol. The average Bonchev–Trinajstić information content (AvgIpc) is 2.00. The van der Waals surface area contributed by atoms with E-state index in [-0.39, 0.29) is 135 Å². The van der Waals surface area contributed by atoms with Gasteiger partial charge in [0.1, 0.15) is 25.8 Å². The van der Waals surface area contributed by atoms with Crippen LogP contribution in [0.15, 0.2) is 0 Å². The van der Waals surface area contributed by atoms with E-state index >= 15 is 0 Å². The number of nitrogens with one attached hydrogen (secondary N) is 8. The molecule has 552 valence electrons. The number of alkyl carbamates (subject to hydrolysis) is 3. The standard InChI is InChI=1S/C18H34N2O9.C11H22N2O3.2C9H19NO2.2C9H19NOS/c1-14(2)16(21)15(20-18(23)29-12-10-27-8-6-25-4)13-19-17(22)28-11-9-26-7-5-24-3;1-5-9(4)7-16-11(15)12-6-10(14)13-8(2)3;4*1-5-12-6-8(4)9(11)10-7(2)3/h14-15H,5-13H2,1-4H3,(H,19,22)(H,20,23);8-9H,5-7H2,1-4H3,(H,12,15)(H,13,14);4*7-8H,5-6H2,1-4H3,(H,10,11). The fraction of sp³-hybridized carbons (Fsp3) is 0.862. The highest BCUT2D eigenvalue weighted by molar-refractivity contribution is 7.99. The summed E-state index contributed by atoms with van der Waals surface area (Å²) >= 11 is 3.62. The van der Waals surface area contributed by atoms with Crippen LogP contribution in [0.3, 0.4) is 0 Å². The van der Waals surface area contributed by atoms with Crippen LogP contribution in [0.4, 0.5) is 14.4 Å². The van der Waals surface area contributed by atoms with E-state index in [1.165, 1.54) is 0 Å². The summed E-state index contributed by atoms with van der Waals surface area (Å²) in [5.74, 6) is 4.21. The van der Waals surface area contributed by atoms with Crippen LogP contribution in [0.25, 0.3) is 0 Å². The van der Waals surface area contributed by atoms with Gasteiger partial charge in [-0.1, -0.05) is 75.7 Å². The van der Waals surface area contributed by atoms with Gasteiger partial charge >= 0.3 is 18.3 Å². The summed E-state index contributed by atoms with van der Waals surface area (Å²) in [6, 6.07) is 0.0640. The Morgan fingerprint density at radius 3 is 1.06 bits per heavy atom. The van der Waals surface area contributed by atoms with E-state index < -0.39 is 24.3 Å². The lowest BCUT2D eigenvalue weighted by atomic mass is 10.0. The number of hydrogen-bond acceptors (Lipinski definition) is 20. The summed E-state index contributed by atoms with van der Waals surface area (Å²) in [5.41, 5.74) is 0. The number of thioether (sulfide) groups is 2. The van der Waals surface area contributed by atoms with Gasteiger partial charge < -0.3 is 85.2 Å². The number of ketones is 1. The molecule has 0 aliphatic heterocycles. The number of hydrogen-bond donors (Lipinski definition) is 8. The fourth-order valence-electron chi connectivity index (χ4n) is 6.02. The van der Waals surface area contributed by atoms with Gasteiger partial charge in [0.05, 0.1) is 71.3 Å². The minimum absolute atomic E-state index is 0.0245. The Morgan fingerprint density at radius 1 is 0.376 bits per heavy atom. The topological polar surface area (TPSA) is 333 Å². The van der Waals surface area contributed by atoms with E-state index in [1.54, 1.807) is 28.1 Å². The minimum Gasteiger partial charge on any atom is -0.449 e. The Bertz CT molecular complexity index is 1750. The van der Waals surface area contributed by atoms with Gasteiger partial charge in [0.15, 0.2) is 5.78 Å². The molecule has 0 bridgehead atoms. The summed E-state index contributed by atoms with van der Waals surface area (Å²) in [7, 11) is 3.11. The first-order valence-corrected chi connectivity index (χ1v) is 35.2. The Labute approximate surface area is 569 Å². The Morgan fingerprint density at radius 2 is 0.731 bits per heavy atom. The second-order valence-corrected chi connectivity index (χ2v) is 25.8. The lowest BCUT2D eigenvalue weighted by Gasteiger charge is -2.19. The molecule has 0 rings (SSSR count). The number of methoxy groups -OCH3 is 2. The molecule has 0 aromatic heterocycles. The van der Waals surface area contributed by atoms with Crippen LogP contribution in [0, 0.1) is 35.5 Å². The molecular formula is C65H132N8O18S2. The largest absolute Gasteiger partial charge is 0.449 e. The highest BCUT2D eigenvalue weighted by Gasteiger charge is 2.25. The van der Waals surface area contributed by atoms with Crippen LogP contribution in [0.1, 0.15) is 159 Å². The average molecular weight is 1380 g/mol. The van der Waals surface area contributed by atoms with Crippen molar-refractivity contribution in [3.63, 3.8) is 0 Å². The molecule has 0 aromatic rings. The number of carbonyl (C=O) groups excluding carboxylic acids is 9. The molecule has 0 saturated heterocycles. The quantitative estimate of drug-likeness (QED) is 0.0213. The van der Waals surface area contributed by atoms with Crippen molar-refractivity contribution in [1.29, 1.82) is 0 Å². The molecule has 8 N–H and O–H groups in total. The van der Waals surface area contributed by atoms with Gasteiger partial charge in [0.2, 0.25) is 29.5 Å². The summed E-state index contributed by atoms with van der Waals surface area (Å²) in [6.45, 7) is 47.4. The number of amides is 8. The van der Waals surface area contributed by atoms with Crippen LogP contribution < -0.4 is 42.5 Å². The number of Topliss-reactive ketones (excluding diaryl/α,β-unsaturated/α-hetero) is 1. The van der Waals surface area contributed by atoms with Gasteiger partial charge in [-0.3, -0.25) is 28.8 Å². The van der Waals surface area contributed by atoms with Gasteiger partial charge in [0, 0.05) is 93.4 Å². The zero-order chi connectivity index (χ0) is 72.7. The fourth-order valence-corrected chi connectivity index (χ4v) is 7.50. The molecule has 8 amide bonds. The van der Waals surface area contributed by atoms with Crippen molar-refractivity contribution in [2.24, 2.45) is 35.5 Å². The van der Waals surface area contributed by atoms with Crippen LogP contribution >= 0.6 is 23.5 Å². The monoisotopic (exact) mass is 1380 g/mol. The molecule has 0 radical (unpaired) electrons. The number of ether oxygens (including phenoxy) is 9.